The van der Waals surface area contributed by atoms with Gasteiger partial charge in [0.1, 0.15) is 5.69 Å². The van der Waals surface area contributed by atoms with E-state index >= 15 is 0 Å². The maximum absolute atomic E-state index is 11.3. The molecule has 1 aromatic heterocycles. The fourth-order valence-electron chi connectivity index (χ4n) is 1.77. The van der Waals surface area contributed by atoms with Crippen LogP contribution in [-0.2, 0) is 6.54 Å². The summed E-state index contributed by atoms with van der Waals surface area (Å²) in [5.74, 6) is 0.266. The first-order valence-electron chi connectivity index (χ1n) is 6.23. The molecule has 0 radical (unpaired) electrons. The van der Waals surface area contributed by atoms with Crippen molar-refractivity contribution in [2.24, 2.45) is 0 Å². The molecule has 0 amide bonds. The Hall–Kier alpha value is -2.57. The summed E-state index contributed by atoms with van der Waals surface area (Å²) in [4.78, 5) is 10.8. The number of hydrogen-bond donors (Lipinski definition) is 2. The van der Waals surface area contributed by atoms with Crippen LogP contribution in [0.15, 0.2) is 30.6 Å². The summed E-state index contributed by atoms with van der Waals surface area (Å²) in [6.07, 6.45) is 3.26. The lowest BCUT2D eigenvalue weighted by Crippen LogP contribution is -2.09. The zero-order valence-corrected chi connectivity index (χ0v) is 11.3. The first kappa shape index (κ1) is 13.9. The number of hydrogen-bond acceptors (Lipinski definition) is 5. The number of nitro benzene ring substituents is 1. The predicted molar refractivity (Wildman–Crippen MR) is 74.8 cm³/mol. The van der Waals surface area contributed by atoms with Gasteiger partial charge in [0.05, 0.1) is 17.2 Å². The number of aromatic nitrogens is 2. The van der Waals surface area contributed by atoms with Gasteiger partial charge in [-0.3, -0.25) is 15.2 Å². The van der Waals surface area contributed by atoms with Crippen LogP contribution in [0.4, 0.5) is 11.4 Å². The summed E-state index contributed by atoms with van der Waals surface area (Å²) in [7, 11) is 0. The molecule has 2 N–H and O–H groups in total. The Balaban J connectivity index is 2.24. The molecule has 0 aliphatic carbocycles. The number of nitro groups is 1. The van der Waals surface area contributed by atoms with Gasteiger partial charge in [0.15, 0.2) is 5.75 Å². The van der Waals surface area contributed by atoms with Gasteiger partial charge in [-0.25, -0.2) is 0 Å². The molecule has 1 aromatic carbocycles. The highest BCUT2D eigenvalue weighted by molar-refractivity contribution is 5.68. The van der Waals surface area contributed by atoms with Crippen LogP contribution in [0.5, 0.6) is 5.75 Å². The van der Waals surface area contributed by atoms with Gasteiger partial charge in [-0.05, 0) is 26.0 Å². The van der Waals surface area contributed by atoms with E-state index in [0.717, 1.165) is 5.56 Å². The Labute approximate surface area is 116 Å². The molecule has 7 nitrogen and oxygen atoms in total. The van der Waals surface area contributed by atoms with Crippen molar-refractivity contribution < 1.29 is 9.66 Å². The maximum atomic E-state index is 11.3. The van der Waals surface area contributed by atoms with Gasteiger partial charge >= 0.3 is 5.69 Å². The zero-order chi connectivity index (χ0) is 14.5. The molecular weight excluding hydrogens is 260 g/mol. The van der Waals surface area contributed by atoms with Crippen LogP contribution >= 0.6 is 0 Å². The molecular formula is C13H16N4O3. The normalized spacial score (nSPS) is 10.6. The highest BCUT2D eigenvalue weighted by Crippen LogP contribution is 2.35. The van der Waals surface area contributed by atoms with Crippen molar-refractivity contribution in [3.8, 4) is 5.75 Å². The minimum Gasteiger partial charge on any atom is -0.484 e. The lowest BCUT2D eigenvalue weighted by molar-refractivity contribution is -0.385. The van der Waals surface area contributed by atoms with E-state index in [-0.39, 0.29) is 17.5 Å². The number of para-hydroxylation sites is 1. The van der Waals surface area contributed by atoms with Gasteiger partial charge in [0.25, 0.3) is 0 Å². The second kappa shape index (κ2) is 6.05. The van der Waals surface area contributed by atoms with Crippen molar-refractivity contribution >= 4 is 11.4 Å². The van der Waals surface area contributed by atoms with Gasteiger partial charge in [0, 0.05) is 18.3 Å². The average molecular weight is 276 g/mol. The molecule has 2 rings (SSSR count). The Morgan fingerprint density at radius 3 is 2.90 bits per heavy atom. The van der Waals surface area contributed by atoms with Crippen LogP contribution in [0.2, 0.25) is 0 Å². The monoisotopic (exact) mass is 276 g/mol. The van der Waals surface area contributed by atoms with Crippen molar-refractivity contribution in [2.75, 3.05) is 5.32 Å². The van der Waals surface area contributed by atoms with Crippen LogP contribution < -0.4 is 10.1 Å². The first-order valence-corrected chi connectivity index (χ1v) is 6.23. The summed E-state index contributed by atoms with van der Waals surface area (Å²) < 4.78 is 5.48. The van der Waals surface area contributed by atoms with E-state index in [1.807, 2.05) is 13.8 Å². The minimum absolute atomic E-state index is 0.0512. The van der Waals surface area contributed by atoms with Crippen LogP contribution in [-0.4, -0.2) is 21.2 Å². The van der Waals surface area contributed by atoms with Crippen LogP contribution in [0.3, 0.4) is 0 Å². The summed E-state index contributed by atoms with van der Waals surface area (Å²) in [6, 6.07) is 4.98. The Kier molecular flexibility index (Phi) is 4.19. The fourth-order valence-corrected chi connectivity index (χ4v) is 1.77. The molecule has 0 unspecified atom stereocenters. The summed E-state index contributed by atoms with van der Waals surface area (Å²) in [6.45, 7) is 4.10. The molecule has 0 bridgehead atoms. The summed E-state index contributed by atoms with van der Waals surface area (Å²) >= 11 is 0. The second-order valence-electron chi connectivity index (χ2n) is 4.54. The smallest absolute Gasteiger partial charge is 0.333 e. The van der Waals surface area contributed by atoms with Crippen molar-refractivity contribution in [2.45, 2.75) is 26.5 Å². The number of ether oxygens (including phenoxy) is 1. The van der Waals surface area contributed by atoms with Crippen LogP contribution in [0, 0.1) is 10.1 Å². The molecule has 0 saturated carbocycles. The van der Waals surface area contributed by atoms with Gasteiger partial charge in [0.2, 0.25) is 0 Å². The number of anilines is 1. The number of aromatic amines is 1. The zero-order valence-electron chi connectivity index (χ0n) is 11.3. The van der Waals surface area contributed by atoms with E-state index in [4.69, 9.17) is 4.74 Å². The number of nitrogens with zero attached hydrogens (tertiary/aromatic N) is 2. The van der Waals surface area contributed by atoms with E-state index in [9.17, 15) is 10.1 Å². The fraction of sp³-hybridized carbons (Fsp3) is 0.308. The number of H-pyrrole nitrogens is 1. The van der Waals surface area contributed by atoms with Crippen molar-refractivity contribution in [3.05, 3.63) is 46.3 Å². The van der Waals surface area contributed by atoms with Crippen molar-refractivity contribution in [1.82, 2.24) is 10.2 Å². The molecule has 7 heteroatoms. The number of nitrogens with one attached hydrogen (secondary N) is 2. The van der Waals surface area contributed by atoms with E-state index in [1.165, 1.54) is 0 Å². The molecule has 0 spiro atoms. The van der Waals surface area contributed by atoms with Gasteiger partial charge in [-0.2, -0.15) is 5.10 Å². The third kappa shape index (κ3) is 3.25. The predicted octanol–water partition coefficient (Wildman–Crippen LogP) is 2.72. The van der Waals surface area contributed by atoms with Gasteiger partial charge in [-0.1, -0.05) is 6.07 Å². The quantitative estimate of drug-likeness (QED) is 0.625. The SMILES string of the molecule is CC(C)Oc1cccc(NCc2cn[nH]c2)c1[N+](=O)[O-]. The molecule has 0 aliphatic rings. The number of rotatable bonds is 6. The third-order valence-electron chi connectivity index (χ3n) is 2.58. The third-order valence-corrected chi connectivity index (χ3v) is 2.58. The van der Waals surface area contributed by atoms with E-state index in [1.54, 1.807) is 30.6 Å². The highest BCUT2D eigenvalue weighted by Gasteiger charge is 2.21. The molecule has 0 aliphatic heterocycles. The first-order chi connectivity index (χ1) is 9.58. The topological polar surface area (TPSA) is 93.1 Å². The molecule has 106 valence electrons. The van der Waals surface area contributed by atoms with Crippen molar-refractivity contribution in [3.63, 3.8) is 0 Å². The van der Waals surface area contributed by atoms with E-state index in [0.29, 0.717) is 12.2 Å². The molecule has 0 atom stereocenters. The molecule has 2 aromatic rings. The second-order valence-corrected chi connectivity index (χ2v) is 4.54. The standard InChI is InChI=1S/C13H16N4O3/c1-9(2)20-12-5-3-4-11(13(12)17(18)19)14-6-10-7-15-16-8-10/h3-5,7-9,14H,6H2,1-2H3,(H,15,16). The maximum Gasteiger partial charge on any atom is 0.333 e. The summed E-state index contributed by atoms with van der Waals surface area (Å²) in [5, 5.41) is 20.8. The van der Waals surface area contributed by atoms with Crippen molar-refractivity contribution in [1.29, 1.82) is 0 Å². The molecule has 20 heavy (non-hydrogen) atoms. The Morgan fingerprint density at radius 2 is 2.30 bits per heavy atom. The average Bonchev–Trinajstić information content (AvgIpc) is 2.88. The highest BCUT2D eigenvalue weighted by atomic mass is 16.6. The number of benzene rings is 1. The van der Waals surface area contributed by atoms with E-state index < -0.39 is 4.92 Å². The molecule has 0 saturated heterocycles. The van der Waals surface area contributed by atoms with Gasteiger partial charge < -0.3 is 10.1 Å². The molecule has 0 fully saturated rings. The lowest BCUT2D eigenvalue weighted by Gasteiger charge is -2.12. The van der Waals surface area contributed by atoms with Crippen LogP contribution in [0.1, 0.15) is 19.4 Å². The molecule has 1 heterocycles. The lowest BCUT2D eigenvalue weighted by atomic mass is 10.2. The minimum atomic E-state index is -0.435. The Morgan fingerprint density at radius 1 is 1.50 bits per heavy atom. The van der Waals surface area contributed by atoms with Gasteiger partial charge in [-0.15, -0.1) is 0 Å². The summed E-state index contributed by atoms with van der Waals surface area (Å²) in [5.41, 5.74) is 1.29. The largest absolute Gasteiger partial charge is 0.484 e. The van der Waals surface area contributed by atoms with Crippen LogP contribution in [0.25, 0.3) is 0 Å². The Bertz CT molecular complexity index is 581. The van der Waals surface area contributed by atoms with E-state index in [2.05, 4.69) is 15.5 Å².